The Bertz CT molecular complexity index is 104. The molecule has 0 N–H and O–H groups in total. The first-order valence-electron chi connectivity index (χ1n) is 5.65. The molecule has 0 aliphatic carbocycles. The quantitative estimate of drug-likeness (QED) is 0.613. The molecule has 0 aromatic carbocycles. The van der Waals surface area contributed by atoms with Gasteiger partial charge in [0.15, 0.2) is 0 Å². The maximum Gasteiger partial charge on any atom is 0.00355 e. The Labute approximate surface area is 84.5 Å². The largest absolute Gasteiger partial charge is 0.304 e. The molecule has 0 rings (SSSR count). The van der Waals surface area contributed by atoms with Gasteiger partial charge in [-0.3, -0.25) is 0 Å². The van der Waals surface area contributed by atoms with Crippen molar-refractivity contribution in [1.82, 2.24) is 4.90 Å². The van der Waals surface area contributed by atoms with Crippen molar-refractivity contribution in [3.05, 3.63) is 0 Å². The van der Waals surface area contributed by atoms with E-state index in [4.69, 9.17) is 0 Å². The van der Waals surface area contributed by atoms with Gasteiger partial charge in [0, 0.05) is 6.04 Å². The monoisotopic (exact) mass is 185 g/mol. The van der Waals surface area contributed by atoms with Gasteiger partial charge in [0.2, 0.25) is 0 Å². The summed E-state index contributed by atoms with van der Waals surface area (Å²) in [5.41, 5.74) is 0. The minimum atomic E-state index is 0.689. The van der Waals surface area contributed by atoms with Crippen molar-refractivity contribution < 1.29 is 0 Å². The summed E-state index contributed by atoms with van der Waals surface area (Å²) in [6.07, 6.45) is 2.71. The fourth-order valence-electron chi connectivity index (χ4n) is 1.25. The molecule has 0 heterocycles. The van der Waals surface area contributed by atoms with E-state index >= 15 is 0 Å². The summed E-state index contributed by atoms with van der Waals surface area (Å²) in [5.74, 6) is 1.71. The van der Waals surface area contributed by atoms with Crippen molar-refractivity contribution >= 4 is 0 Å². The lowest BCUT2D eigenvalue weighted by atomic mass is 9.93. The second kappa shape index (κ2) is 6.42. The zero-order chi connectivity index (χ0) is 10.4. The van der Waals surface area contributed by atoms with Crippen molar-refractivity contribution in [3.63, 3.8) is 0 Å². The van der Waals surface area contributed by atoms with Crippen LogP contribution in [-0.4, -0.2) is 24.5 Å². The van der Waals surface area contributed by atoms with Gasteiger partial charge in [0.25, 0.3) is 0 Å². The molecule has 0 aromatic rings. The highest BCUT2D eigenvalue weighted by molar-refractivity contribution is 4.61. The lowest BCUT2D eigenvalue weighted by Crippen LogP contribution is -2.27. The van der Waals surface area contributed by atoms with Crippen LogP contribution in [0.25, 0.3) is 0 Å². The Hall–Kier alpha value is -0.0400. The Balaban J connectivity index is 3.45. The molecule has 80 valence electrons. The maximum atomic E-state index is 2.42. The van der Waals surface area contributed by atoms with E-state index in [1.807, 2.05) is 0 Å². The molecule has 13 heavy (non-hydrogen) atoms. The predicted molar refractivity (Wildman–Crippen MR) is 61.0 cm³/mol. The predicted octanol–water partition coefficient (Wildman–Crippen LogP) is 3.40. The first-order chi connectivity index (χ1) is 5.95. The Morgan fingerprint density at radius 3 is 1.92 bits per heavy atom. The zero-order valence-electron chi connectivity index (χ0n) is 10.3. The lowest BCUT2D eigenvalue weighted by Gasteiger charge is -2.22. The van der Waals surface area contributed by atoms with Gasteiger partial charge >= 0.3 is 0 Å². The minimum Gasteiger partial charge on any atom is -0.304 e. The van der Waals surface area contributed by atoms with Crippen molar-refractivity contribution in [3.8, 4) is 0 Å². The molecule has 0 fully saturated rings. The van der Waals surface area contributed by atoms with Gasteiger partial charge in [-0.1, -0.05) is 20.8 Å². The van der Waals surface area contributed by atoms with Crippen LogP contribution in [0.4, 0.5) is 0 Å². The zero-order valence-corrected chi connectivity index (χ0v) is 10.3. The van der Waals surface area contributed by atoms with Crippen molar-refractivity contribution in [2.75, 3.05) is 13.6 Å². The lowest BCUT2D eigenvalue weighted by molar-refractivity contribution is 0.254. The molecule has 0 aliphatic heterocycles. The third-order valence-electron chi connectivity index (χ3n) is 3.19. The topological polar surface area (TPSA) is 3.24 Å². The van der Waals surface area contributed by atoms with E-state index in [2.05, 4.69) is 46.6 Å². The Kier molecular flexibility index (Phi) is 6.40. The van der Waals surface area contributed by atoms with Gasteiger partial charge in [-0.25, -0.2) is 0 Å². The molecule has 0 saturated heterocycles. The van der Waals surface area contributed by atoms with Gasteiger partial charge < -0.3 is 4.90 Å². The number of hydrogen-bond donors (Lipinski definition) is 0. The van der Waals surface area contributed by atoms with Crippen LogP contribution >= 0.6 is 0 Å². The molecule has 1 nitrogen and oxygen atoms in total. The molecule has 1 heteroatoms. The van der Waals surface area contributed by atoms with Gasteiger partial charge in [-0.15, -0.1) is 0 Å². The molecule has 0 saturated carbocycles. The second-order valence-corrected chi connectivity index (χ2v) is 4.94. The van der Waals surface area contributed by atoms with Crippen molar-refractivity contribution in [1.29, 1.82) is 0 Å². The first-order valence-corrected chi connectivity index (χ1v) is 5.65. The van der Waals surface area contributed by atoms with E-state index in [0.717, 1.165) is 11.8 Å². The molecular formula is C12H27N. The fraction of sp³-hybridized carbons (Fsp3) is 1.00. The smallest absolute Gasteiger partial charge is 0.00355 e. The normalized spacial score (nSPS) is 14.5. The fourth-order valence-corrected chi connectivity index (χ4v) is 1.25. The second-order valence-electron chi connectivity index (χ2n) is 4.94. The van der Waals surface area contributed by atoms with E-state index in [1.165, 1.54) is 19.4 Å². The van der Waals surface area contributed by atoms with E-state index < -0.39 is 0 Å². The molecule has 0 unspecified atom stereocenters. The van der Waals surface area contributed by atoms with Crippen LogP contribution in [0.15, 0.2) is 0 Å². The van der Waals surface area contributed by atoms with Crippen LogP contribution < -0.4 is 0 Å². The van der Waals surface area contributed by atoms with Crippen LogP contribution in [0, 0.1) is 11.8 Å². The van der Waals surface area contributed by atoms with Crippen LogP contribution in [-0.2, 0) is 0 Å². The summed E-state index contributed by atoms with van der Waals surface area (Å²) < 4.78 is 0. The highest BCUT2D eigenvalue weighted by Crippen LogP contribution is 2.16. The Morgan fingerprint density at radius 2 is 1.54 bits per heavy atom. The van der Waals surface area contributed by atoms with Gasteiger partial charge in [-0.2, -0.15) is 0 Å². The first kappa shape index (κ1) is 13.0. The third-order valence-corrected chi connectivity index (χ3v) is 3.19. The third kappa shape index (κ3) is 6.09. The van der Waals surface area contributed by atoms with Crippen molar-refractivity contribution in [2.24, 2.45) is 11.8 Å². The molecule has 0 radical (unpaired) electrons. The SMILES string of the molecule is CC(C)[C@@H](C)CCCN(C)C(C)C. The van der Waals surface area contributed by atoms with Crippen LogP contribution in [0.5, 0.6) is 0 Å². The molecular weight excluding hydrogens is 158 g/mol. The van der Waals surface area contributed by atoms with Gasteiger partial charge in [-0.05, 0) is 52.1 Å². The Morgan fingerprint density at radius 1 is 1.00 bits per heavy atom. The standard InChI is InChI=1S/C12H27N/c1-10(2)12(5)8-7-9-13(6)11(3)4/h10-12H,7-9H2,1-6H3/t12-/m0/s1. The van der Waals surface area contributed by atoms with Gasteiger partial charge in [0.05, 0.1) is 0 Å². The highest BCUT2D eigenvalue weighted by Gasteiger charge is 2.08. The average Bonchev–Trinajstić information content (AvgIpc) is 2.03. The molecule has 0 amide bonds. The number of hydrogen-bond acceptors (Lipinski definition) is 1. The molecule has 0 spiro atoms. The van der Waals surface area contributed by atoms with E-state index in [0.29, 0.717) is 6.04 Å². The molecule has 0 aliphatic rings. The number of nitrogens with zero attached hydrogens (tertiary/aromatic N) is 1. The summed E-state index contributed by atoms with van der Waals surface area (Å²) in [6.45, 7) is 12.8. The average molecular weight is 185 g/mol. The number of rotatable bonds is 6. The molecule has 1 atom stereocenters. The summed E-state index contributed by atoms with van der Waals surface area (Å²) >= 11 is 0. The summed E-state index contributed by atoms with van der Waals surface area (Å²) in [5, 5.41) is 0. The van der Waals surface area contributed by atoms with Crippen LogP contribution in [0.2, 0.25) is 0 Å². The summed E-state index contributed by atoms with van der Waals surface area (Å²) in [4.78, 5) is 2.42. The van der Waals surface area contributed by atoms with Crippen LogP contribution in [0.3, 0.4) is 0 Å². The molecule has 0 aromatic heterocycles. The van der Waals surface area contributed by atoms with Gasteiger partial charge in [0.1, 0.15) is 0 Å². The van der Waals surface area contributed by atoms with E-state index in [9.17, 15) is 0 Å². The summed E-state index contributed by atoms with van der Waals surface area (Å²) in [6, 6.07) is 0.689. The van der Waals surface area contributed by atoms with Crippen molar-refractivity contribution in [2.45, 2.75) is 53.5 Å². The minimum absolute atomic E-state index is 0.689. The molecule has 0 bridgehead atoms. The maximum absolute atomic E-state index is 2.42. The summed E-state index contributed by atoms with van der Waals surface area (Å²) in [7, 11) is 2.21. The van der Waals surface area contributed by atoms with Crippen LogP contribution in [0.1, 0.15) is 47.5 Å². The van der Waals surface area contributed by atoms with E-state index in [-0.39, 0.29) is 0 Å². The van der Waals surface area contributed by atoms with E-state index in [1.54, 1.807) is 0 Å². The highest BCUT2D eigenvalue weighted by atomic mass is 15.1.